The number of aryl methyl sites for hydroxylation is 1. The summed E-state index contributed by atoms with van der Waals surface area (Å²) in [6, 6.07) is 3.84. The largest absolute Gasteiger partial charge is 0.398 e. The van der Waals surface area contributed by atoms with Crippen molar-refractivity contribution in [1.82, 2.24) is 9.88 Å². The normalized spacial score (nSPS) is 14.3. The minimum Gasteiger partial charge on any atom is -0.398 e. The minimum absolute atomic E-state index is 0.0261. The zero-order chi connectivity index (χ0) is 13.4. The molecule has 1 aliphatic rings. The molecule has 3 rings (SSSR count). The van der Waals surface area contributed by atoms with Crippen LogP contribution in [0.25, 0.3) is 0 Å². The zero-order valence-electron chi connectivity index (χ0n) is 10.7. The average Bonchev–Trinajstić information content (AvgIpc) is 2.85. The molecule has 0 saturated carbocycles. The summed E-state index contributed by atoms with van der Waals surface area (Å²) in [5, 5.41) is 2.08. The summed E-state index contributed by atoms with van der Waals surface area (Å²) in [7, 11) is 0. The maximum Gasteiger partial charge on any atom is 0.257 e. The van der Waals surface area contributed by atoms with Crippen LogP contribution in [0.4, 0.5) is 5.69 Å². The van der Waals surface area contributed by atoms with Crippen LogP contribution in [0, 0.1) is 6.92 Å². The maximum absolute atomic E-state index is 12.5. The lowest BCUT2D eigenvalue weighted by Crippen LogP contribution is -2.35. The van der Waals surface area contributed by atoms with Gasteiger partial charge < -0.3 is 10.6 Å². The quantitative estimate of drug-likeness (QED) is 0.866. The maximum atomic E-state index is 12.5. The molecule has 4 nitrogen and oxygen atoms in total. The van der Waals surface area contributed by atoms with Gasteiger partial charge in [0.05, 0.1) is 5.56 Å². The van der Waals surface area contributed by atoms with Gasteiger partial charge in [-0.2, -0.15) is 0 Å². The molecule has 0 atom stereocenters. The van der Waals surface area contributed by atoms with Crippen molar-refractivity contribution in [3.63, 3.8) is 0 Å². The first kappa shape index (κ1) is 12.2. The lowest BCUT2D eigenvalue weighted by atomic mass is 10.1. The summed E-state index contributed by atoms with van der Waals surface area (Å²) >= 11 is 1.77. The van der Waals surface area contributed by atoms with E-state index in [1.54, 1.807) is 23.6 Å². The summed E-state index contributed by atoms with van der Waals surface area (Å²) < 4.78 is 0. The van der Waals surface area contributed by atoms with Gasteiger partial charge in [-0.15, -0.1) is 11.3 Å². The van der Waals surface area contributed by atoms with Gasteiger partial charge in [0.25, 0.3) is 5.91 Å². The molecule has 2 aromatic heterocycles. The molecular formula is C14H15N3OS. The van der Waals surface area contributed by atoms with Crippen LogP contribution >= 0.6 is 11.3 Å². The molecule has 0 aliphatic carbocycles. The van der Waals surface area contributed by atoms with Crippen molar-refractivity contribution >= 4 is 22.9 Å². The highest BCUT2D eigenvalue weighted by atomic mass is 32.1. The van der Waals surface area contributed by atoms with E-state index in [9.17, 15) is 4.79 Å². The van der Waals surface area contributed by atoms with Crippen LogP contribution in [0.2, 0.25) is 0 Å². The fourth-order valence-electron chi connectivity index (χ4n) is 2.35. The minimum atomic E-state index is -0.0261. The molecule has 19 heavy (non-hydrogen) atoms. The Morgan fingerprint density at radius 1 is 1.53 bits per heavy atom. The number of nitrogens with two attached hydrogens (primary N) is 1. The second-order valence-electron chi connectivity index (χ2n) is 4.76. The van der Waals surface area contributed by atoms with Gasteiger partial charge in [-0.3, -0.25) is 9.78 Å². The molecule has 0 spiro atoms. The van der Waals surface area contributed by atoms with Crippen molar-refractivity contribution in [2.75, 3.05) is 12.3 Å². The molecule has 0 bridgehead atoms. The van der Waals surface area contributed by atoms with Crippen LogP contribution < -0.4 is 5.73 Å². The van der Waals surface area contributed by atoms with E-state index < -0.39 is 0 Å². The number of nitrogen functional groups attached to an aromatic ring is 1. The number of rotatable bonds is 1. The van der Waals surface area contributed by atoms with Gasteiger partial charge in [-0.05, 0) is 36.4 Å². The van der Waals surface area contributed by atoms with E-state index in [2.05, 4.69) is 16.4 Å². The monoisotopic (exact) mass is 273 g/mol. The number of hydrogen-bond donors (Lipinski definition) is 1. The fourth-order valence-corrected chi connectivity index (χ4v) is 3.24. The van der Waals surface area contributed by atoms with Crippen molar-refractivity contribution in [2.24, 2.45) is 0 Å². The van der Waals surface area contributed by atoms with Gasteiger partial charge in [0.2, 0.25) is 0 Å². The van der Waals surface area contributed by atoms with E-state index in [0.29, 0.717) is 17.8 Å². The molecule has 1 amide bonds. The summed E-state index contributed by atoms with van der Waals surface area (Å²) in [4.78, 5) is 19.9. The molecule has 0 saturated heterocycles. The molecular weight excluding hydrogens is 258 g/mol. The van der Waals surface area contributed by atoms with Gasteiger partial charge >= 0.3 is 0 Å². The molecule has 2 aromatic rings. The SMILES string of the molecule is Cc1cc(N)c(C(=O)N2CCc3sccc3C2)cn1. The topological polar surface area (TPSA) is 59.2 Å². The molecule has 0 aromatic carbocycles. The van der Waals surface area contributed by atoms with Crippen LogP contribution in [-0.2, 0) is 13.0 Å². The van der Waals surface area contributed by atoms with Crippen LogP contribution in [0.5, 0.6) is 0 Å². The third-order valence-corrected chi connectivity index (χ3v) is 4.42. The predicted molar refractivity (Wildman–Crippen MR) is 76.1 cm³/mol. The molecule has 1 aliphatic heterocycles. The Kier molecular flexibility index (Phi) is 2.98. The predicted octanol–water partition coefficient (Wildman–Crippen LogP) is 2.23. The third kappa shape index (κ3) is 2.21. The number of carbonyl (C=O) groups is 1. The number of aromatic nitrogens is 1. The molecule has 3 heterocycles. The van der Waals surface area contributed by atoms with Crippen LogP contribution in [0.15, 0.2) is 23.7 Å². The highest BCUT2D eigenvalue weighted by Gasteiger charge is 2.23. The van der Waals surface area contributed by atoms with Gasteiger partial charge in [0.1, 0.15) is 0 Å². The Labute approximate surface area is 115 Å². The molecule has 0 radical (unpaired) electrons. The van der Waals surface area contributed by atoms with Gasteiger partial charge in [0, 0.05) is 35.5 Å². The number of amides is 1. The Hall–Kier alpha value is -1.88. The van der Waals surface area contributed by atoms with Crippen LogP contribution in [-0.4, -0.2) is 22.3 Å². The number of thiophene rings is 1. The number of nitrogens with zero attached hydrogens (tertiary/aromatic N) is 2. The number of carbonyl (C=O) groups excluding carboxylic acids is 1. The summed E-state index contributed by atoms with van der Waals surface area (Å²) in [6.07, 6.45) is 2.51. The highest BCUT2D eigenvalue weighted by Crippen LogP contribution is 2.25. The Balaban J connectivity index is 1.85. The van der Waals surface area contributed by atoms with E-state index in [1.165, 1.54) is 10.4 Å². The van der Waals surface area contributed by atoms with Crippen molar-refractivity contribution in [3.05, 3.63) is 45.4 Å². The van der Waals surface area contributed by atoms with E-state index in [4.69, 9.17) is 5.73 Å². The Morgan fingerprint density at radius 2 is 2.37 bits per heavy atom. The van der Waals surface area contributed by atoms with Gasteiger partial charge in [-0.1, -0.05) is 0 Å². The zero-order valence-corrected chi connectivity index (χ0v) is 11.5. The lowest BCUT2D eigenvalue weighted by molar-refractivity contribution is 0.0736. The smallest absolute Gasteiger partial charge is 0.257 e. The van der Waals surface area contributed by atoms with E-state index in [1.807, 2.05) is 11.8 Å². The standard InChI is InChI=1S/C14H15N3OS/c1-9-6-12(15)11(7-16-9)14(18)17-4-2-13-10(8-17)3-5-19-13/h3,5-7H,2,4,8H2,1H3,(H2,15,16). The van der Waals surface area contributed by atoms with E-state index in [-0.39, 0.29) is 5.91 Å². The van der Waals surface area contributed by atoms with Crippen molar-refractivity contribution in [3.8, 4) is 0 Å². The third-order valence-electron chi connectivity index (χ3n) is 3.40. The molecule has 98 valence electrons. The van der Waals surface area contributed by atoms with Gasteiger partial charge in [-0.25, -0.2) is 0 Å². The Bertz CT molecular complexity index is 635. The first-order valence-corrected chi connectivity index (χ1v) is 7.10. The van der Waals surface area contributed by atoms with Crippen LogP contribution in [0.3, 0.4) is 0 Å². The molecule has 0 unspecified atom stereocenters. The van der Waals surface area contributed by atoms with E-state index in [0.717, 1.165) is 18.7 Å². The molecule has 0 fully saturated rings. The van der Waals surface area contributed by atoms with Crippen molar-refractivity contribution in [1.29, 1.82) is 0 Å². The molecule has 5 heteroatoms. The van der Waals surface area contributed by atoms with Gasteiger partial charge in [0.15, 0.2) is 0 Å². The molecule has 2 N–H and O–H groups in total. The number of anilines is 1. The first-order valence-electron chi connectivity index (χ1n) is 6.22. The van der Waals surface area contributed by atoms with Crippen molar-refractivity contribution < 1.29 is 4.79 Å². The second kappa shape index (κ2) is 4.66. The number of fused-ring (bicyclic) bond motifs is 1. The van der Waals surface area contributed by atoms with E-state index >= 15 is 0 Å². The first-order chi connectivity index (χ1) is 9.15. The second-order valence-corrected chi connectivity index (χ2v) is 5.76. The number of pyridine rings is 1. The summed E-state index contributed by atoms with van der Waals surface area (Å²) in [5.41, 5.74) is 9.01. The van der Waals surface area contributed by atoms with Crippen LogP contribution in [0.1, 0.15) is 26.5 Å². The summed E-state index contributed by atoms with van der Waals surface area (Å²) in [6.45, 7) is 3.29. The summed E-state index contributed by atoms with van der Waals surface area (Å²) in [5.74, 6) is -0.0261. The highest BCUT2D eigenvalue weighted by molar-refractivity contribution is 7.10. The number of hydrogen-bond acceptors (Lipinski definition) is 4. The average molecular weight is 273 g/mol. The Morgan fingerprint density at radius 3 is 3.16 bits per heavy atom. The van der Waals surface area contributed by atoms with Crippen molar-refractivity contribution in [2.45, 2.75) is 19.9 Å². The lowest BCUT2D eigenvalue weighted by Gasteiger charge is -2.27. The fraction of sp³-hybridized carbons (Fsp3) is 0.286.